The third kappa shape index (κ3) is 4.63. The van der Waals surface area contributed by atoms with Crippen LogP contribution in [0, 0.1) is 12.8 Å². The van der Waals surface area contributed by atoms with Gasteiger partial charge in [0.25, 0.3) is 0 Å². The molecule has 0 radical (unpaired) electrons. The van der Waals surface area contributed by atoms with E-state index in [2.05, 4.69) is 0 Å². The Kier molecular flexibility index (Phi) is 5.38. The zero-order chi connectivity index (χ0) is 15.1. The minimum absolute atomic E-state index is 0.244. The molecule has 0 saturated heterocycles. The molecule has 1 unspecified atom stereocenters. The lowest BCUT2D eigenvalue weighted by Gasteiger charge is -2.16. The highest BCUT2D eigenvalue weighted by Gasteiger charge is 2.20. The number of aryl methyl sites for hydroxylation is 1. The first-order valence-corrected chi connectivity index (χ1v) is 7.00. The molecule has 0 bridgehead atoms. The van der Waals surface area contributed by atoms with E-state index in [-0.39, 0.29) is 11.9 Å². The van der Waals surface area contributed by atoms with Crippen LogP contribution in [-0.2, 0) is 16.0 Å². The minimum Gasteiger partial charge on any atom is -0.493 e. The van der Waals surface area contributed by atoms with Crippen molar-refractivity contribution in [1.82, 2.24) is 0 Å². The van der Waals surface area contributed by atoms with Crippen LogP contribution in [0.5, 0.6) is 5.75 Å². The highest BCUT2D eigenvalue weighted by molar-refractivity contribution is 5.72. The van der Waals surface area contributed by atoms with Gasteiger partial charge in [0.2, 0.25) is 0 Å². The van der Waals surface area contributed by atoms with E-state index < -0.39 is 0 Å². The molecule has 2 rings (SSSR count). The molecule has 0 aromatic heterocycles. The van der Waals surface area contributed by atoms with Crippen molar-refractivity contribution in [2.24, 2.45) is 5.92 Å². The molecule has 0 N–H and O–H groups in total. The van der Waals surface area contributed by atoms with E-state index in [9.17, 15) is 4.79 Å². The van der Waals surface area contributed by atoms with Gasteiger partial charge in [-0.25, -0.2) is 0 Å². The number of methoxy groups -OCH3 is 1. The summed E-state index contributed by atoms with van der Waals surface area (Å²) in [5, 5.41) is 0. The quantitative estimate of drug-likeness (QED) is 0.763. The summed E-state index contributed by atoms with van der Waals surface area (Å²) in [6.07, 6.45) is 0.610. The summed E-state index contributed by atoms with van der Waals surface area (Å²) in [4.78, 5) is 11.9. The molecule has 0 fully saturated rings. The smallest absolute Gasteiger partial charge is 0.312 e. The Morgan fingerprint density at radius 2 is 1.71 bits per heavy atom. The summed E-state index contributed by atoms with van der Waals surface area (Å²) in [5.74, 6) is 0.215. The van der Waals surface area contributed by atoms with Crippen LogP contribution in [0.2, 0.25) is 0 Å². The molecule has 21 heavy (non-hydrogen) atoms. The number of hydrogen-bond acceptors (Lipinski definition) is 3. The first-order chi connectivity index (χ1) is 10.2. The molecule has 0 amide bonds. The van der Waals surface area contributed by atoms with Crippen LogP contribution >= 0.6 is 0 Å². The molecule has 3 heteroatoms. The number of benzene rings is 2. The van der Waals surface area contributed by atoms with Crippen LogP contribution in [0.15, 0.2) is 54.6 Å². The Morgan fingerprint density at radius 3 is 2.33 bits per heavy atom. The SMILES string of the molecule is COC(=O)C(COc1ccc(C)cc1)Cc1ccccc1. The standard InChI is InChI=1S/C18H20O3/c1-14-8-10-17(11-9-14)21-13-16(18(19)20-2)12-15-6-4-3-5-7-15/h3-11,16H,12-13H2,1-2H3. The summed E-state index contributed by atoms with van der Waals surface area (Å²) in [5.41, 5.74) is 2.27. The van der Waals surface area contributed by atoms with Crippen LogP contribution in [0.4, 0.5) is 0 Å². The molecular weight excluding hydrogens is 264 g/mol. The van der Waals surface area contributed by atoms with Crippen molar-refractivity contribution >= 4 is 5.97 Å². The third-order valence-electron chi connectivity index (χ3n) is 3.33. The van der Waals surface area contributed by atoms with Crippen molar-refractivity contribution < 1.29 is 14.3 Å². The average molecular weight is 284 g/mol. The molecular formula is C18H20O3. The fraction of sp³-hybridized carbons (Fsp3) is 0.278. The molecule has 0 aliphatic heterocycles. The lowest BCUT2D eigenvalue weighted by Crippen LogP contribution is -2.25. The topological polar surface area (TPSA) is 35.5 Å². The number of ether oxygens (including phenoxy) is 2. The molecule has 1 atom stereocenters. The van der Waals surface area contributed by atoms with Gasteiger partial charge in [0.05, 0.1) is 13.0 Å². The third-order valence-corrected chi connectivity index (χ3v) is 3.33. The first kappa shape index (κ1) is 15.1. The molecule has 0 heterocycles. The van der Waals surface area contributed by atoms with Crippen LogP contribution in [0.3, 0.4) is 0 Å². The predicted octanol–water partition coefficient (Wildman–Crippen LogP) is 3.41. The van der Waals surface area contributed by atoms with E-state index in [1.807, 2.05) is 61.5 Å². The molecule has 2 aromatic rings. The zero-order valence-corrected chi connectivity index (χ0v) is 12.4. The number of hydrogen-bond donors (Lipinski definition) is 0. The monoisotopic (exact) mass is 284 g/mol. The molecule has 3 nitrogen and oxygen atoms in total. The molecule has 0 aliphatic carbocycles. The summed E-state index contributed by atoms with van der Waals surface area (Å²) in [7, 11) is 1.41. The molecule has 2 aromatic carbocycles. The highest BCUT2D eigenvalue weighted by atomic mass is 16.5. The summed E-state index contributed by atoms with van der Waals surface area (Å²) in [6.45, 7) is 2.33. The van der Waals surface area contributed by atoms with Gasteiger partial charge in [-0.15, -0.1) is 0 Å². The van der Waals surface area contributed by atoms with Gasteiger partial charge in [-0.1, -0.05) is 48.0 Å². The van der Waals surface area contributed by atoms with Crippen LogP contribution in [-0.4, -0.2) is 19.7 Å². The van der Waals surface area contributed by atoms with Gasteiger partial charge >= 0.3 is 5.97 Å². The fourth-order valence-corrected chi connectivity index (χ4v) is 2.11. The van der Waals surface area contributed by atoms with Crippen LogP contribution in [0.25, 0.3) is 0 Å². The summed E-state index contributed by atoms with van der Waals surface area (Å²) >= 11 is 0. The van der Waals surface area contributed by atoms with Crippen molar-refractivity contribution in [3.05, 3.63) is 65.7 Å². The maximum absolute atomic E-state index is 11.9. The van der Waals surface area contributed by atoms with Gasteiger partial charge in [0, 0.05) is 0 Å². The maximum Gasteiger partial charge on any atom is 0.312 e. The molecule has 0 spiro atoms. The Balaban J connectivity index is 1.99. The number of carbonyl (C=O) groups is 1. The van der Waals surface area contributed by atoms with Crippen molar-refractivity contribution in [1.29, 1.82) is 0 Å². The Bertz CT molecular complexity index is 561. The summed E-state index contributed by atoms with van der Waals surface area (Å²) in [6, 6.07) is 17.7. The van der Waals surface area contributed by atoms with Crippen LogP contribution in [0.1, 0.15) is 11.1 Å². The summed E-state index contributed by atoms with van der Waals surface area (Å²) < 4.78 is 10.6. The van der Waals surface area contributed by atoms with Crippen molar-refractivity contribution in [3.63, 3.8) is 0 Å². The molecule has 110 valence electrons. The van der Waals surface area contributed by atoms with Gasteiger partial charge in [-0.05, 0) is 31.0 Å². The molecule has 0 aliphatic rings. The Morgan fingerprint density at radius 1 is 1.05 bits per heavy atom. The lowest BCUT2D eigenvalue weighted by atomic mass is 10.0. The second kappa shape index (κ2) is 7.48. The van der Waals surface area contributed by atoms with E-state index in [1.54, 1.807) is 0 Å². The average Bonchev–Trinajstić information content (AvgIpc) is 2.53. The van der Waals surface area contributed by atoms with E-state index in [4.69, 9.17) is 9.47 Å². The van der Waals surface area contributed by atoms with E-state index in [1.165, 1.54) is 12.7 Å². The van der Waals surface area contributed by atoms with Crippen molar-refractivity contribution in [3.8, 4) is 5.75 Å². The maximum atomic E-state index is 11.9. The van der Waals surface area contributed by atoms with Gasteiger partial charge < -0.3 is 9.47 Å². The second-order valence-electron chi connectivity index (χ2n) is 5.03. The van der Waals surface area contributed by atoms with Gasteiger partial charge in [0.1, 0.15) is 12.4 Å². The van der Waals surface area contributed by atoms with E-state index in [0.717, 1.165) is 11.3 Å². The van der Waals surface area contributed by atoms with Gasteiger partial charge in [-0.3, -0.25) is 4.79 Å². The highest BCUT2D eigenvalue weighted by Crippen LogP contribution is 2.16. The number of carbonyl (C=O) groups excluding carboxylic acids is 1. The zero-order valence-electron chi connectivity index (χ0n) is 12.4. The lowest BCUT2D eigenvalue weighted by molar-refractivity contribution is -0.146. The normalized spacial score (nSPS) is 11.7. The number of rotatable bonds is 6. The van der Waals surface area contributed by atoms with Gasteiger partial charge in [-0.2, -0.15) is 0 Å². The molecule has 0 saturated carbocycles. The second-order valence-corrected chi connectivity index (χ2v) is 5.03. The first-order valence-electron chi connectivity index (χ1n) is 7.00. The van der Waals surface area contributed by atoms with Crippen molar-refractivity contribution in [2.45, 2.75) is 13.3 Å². The van der Waals surface area contributed by atoms with Crippen molar-refractivity contribution in [2.75, 3.05) is 13.7 Å². The Hall–Kier alpha value is -2.29. The fourth-order valence-electron chi connectivity index (χ4n) is 2.11. The predicted molar refractivity (Wildman–Crippen MR) is 82.3 cm³/mol. The largest absolute Gasteiger partial charge is 0.493 e. The van der Waals surface area contributed by atoms with E-state index >= 15 is 0 Å². The van der Waals surface area contributed by atoms with Gasteiger partial charge in [0.15, 0.2) is 0 Å². The van der Waals surface area contributed by atoms with E-state index in [0.29, 0.717) is 13.0 Å². The minimum atomic E-state index is -0.307. The number of esters is 1. The Labute approximate surface area is 125 Å². The van der Waals surface area contributed by atoms with Crippen LogP contribution < -0.4 is 4.74 Å².